The number of aryl methyl sites for hydroxylation is 1. The molecule has 3 rings (SSSR count). The molecule has 0 amide bonds. The smallest absolute Gasteiger partial charge is 0.212 e. The molecule has 0 spiro atoms. The van der Waals surface area contributed by atoms with E-state index in [2.05, 4.69) is 22.2 Å². The summed E-state index contributed by atoms with van der Waals surface area (Å²) in [4.78, 5) is 0. The largest absolute Gasteiger partial charge is 0.493 e. The van der Waals surface area contributed by atoms with Gasteiger partial charge in [0.05, 0.1) is 19.9 Å². The molecule has 0 N–H and O–H groups in total. The van der Waals surface area contributed by atoms with E-state index in [9.17, 15) is 0 Å². The first-order chi connectivity index (χ1) is 14.5. The van der Waals surface area contributed by atoms with Crippen molar-refractivity contribution >= 4 is 41.2 Å². The summed E-state index contributed by atoms with van der Waals surface area (Å²) in [6, 6.07) is 11.1. The van der Waals surface area contributed by atoms with Gasteiger partial charge in [-0.2, -0.15) is 9.78 Å². The molecule has 0 aliphatic rings. The molecule has 1 heterocycles. The van der Waals surface area contributed by atoms with Gasteiger partial charge < -0.3 is 9.47 Å². The third kappa shape index (κ3) is 5.68. The van der Waals surface area contributed by atoms with E-state index in [1.807, 2.05) is 37.3 Å². The number of hydrogen-bond donors (Lipinski definition) is 0. The highest BCUT2D eigenvalue weighted by Crippen LogP contribution is 2.29. The number of thioether (sulfide) groups is 1. The van der Waals surface area contributed by atoms with Gasteiger partial charge in [-0.15, -0.1) is 10.2 Å². The van der Waals surface area contributed by atoms with Crippen LogP contribution in [0.5, 0.6) is 11.5 Å². The molecule has 0 saturated carbocycles. The number of hydrogen-bond acceptors (Lipinski definition) is 6. The van der Waals surface area contributed by atoms with Crippen molar-refractivity contribution in [1.29, 1.82) is 0 Å². The fourth-order valence-corrected chi connectivity index (χ4v) is 4.05. The predicted octanol–water partition coefficient (Wildman–Crippen LogP) is 5.87. The average Bonchev–Trinajstić information content (AvgIpc) is 3.09. The molecule has 30 heavy (non-hydrogen) atoms. The van der Waals surface area contributed by atoms with Crippen molar-refractivity contribution in [2.24, 2.45) is 5.10 Å². The first kappa shape index (κ1) is 22.5. The third-order valence-corrected chi connectivity index (χ3v) is 5.67. The number of benzene rings is 2. The molecule has 0 aliphatic carbocycles. The molecule has 158 valence electrons. The normalized spacial score (nSPS) is 11.2. The van der Waals surface area contributed by atoms with Gasteiger partial charge in [-0.1, -0.05) is 48.0 Å². The van der Waals surface area contributed by atoms with Crippen molar-refractivity contribution in [2.75, 3.05) is 13.7 Å². The van der Waals surface area contributed by atoms with E-state index in [1.54, 1.807) is 24.1 Å². The highest BCUT2D eigenvalue weighted by atomic mass is 35.5. The van der Waals surface area contributed by atoms with Gasteiger partial charge in [-0.25, -0.2) is 0 Å². The van der Waals surface area contributed by atoms with Crippen LogP contribution in [0.15, 0.2) is 46.7 Å². The van der Waals surface area contributed by atoms with E-state index in [0.29, 0.717) is 44.9 Å². The summed E-state index contributed by atoms with van der Waals surface area (Å²) >= 11 is 13.7. The third-order valence-electron chi connectivity index (χ3n) is 4.11. The van der Waals surface area contributed by atoms with E-state index in [-0.39, 0.29) is 0 Å². The summed E-state index contributed by atoms with van der Waals surface area (Å²) in [7, 11) is 1.62. The number of nitrogens with zero attached hydrogens (tertiary/aromatic N) is 4. The number of methoxy groups -OCH3 is 1. The van der Waals surface area contributed by atoms with Gasteiger partial charge in [-0.3, -0.25) is 0 Å². The van der Waals surface area contributed by atoms with E-state index in [1.165, 1.54) is 11.8 Å². The molecule has 6 nitrogen and oxygen atoms in total. The van der Waals surface area contributed by atoms with Crippen molar-refractivity contribution in [1.82, 2.24) is 14.9 Å². The molecule has 1 aromatic heterocycles. The summed E-state index contributed by atoms with van der Waals surface area (Å²) in [5, 5.41) is 14.8. The Balaban J connectivity index is 1.75. The monoisotopic (exact) mass is 464 g/mol. The van der Waals surface area contributed by atoms with Crippen LogP contribution in [0.4, 0.5) is 0 Å². The van der Waals surface area contributed by atoms with Crippen molar-refractivity contribution in [3.05, 3.63) is 63.4 Å². The molecule has 0 atom stereocenters. The average molecular weight is 465 g/mol. The van der Waals surface area contributed by atoms with Crippen molar-refractivity contribution in [3.63, 3.8) is 0 Å². The Hall–Kier alpha value is -2.22. The summed E-state index contributed by atoms with van der Waals surface area (Å²) in [6.45, 7) is 4.55. The van der Waals surface area contributed by atoms with E-state index in [4.69, 9.17) is 32.7 Å². The van der Waals surface area contributed by atoms with E-state index < -0.39 is 0 Å². The molecule has 0 fully saturated rings. The second kappa shape index (κ2) is 10.7. The summed E-state index contributed by atoms with van der Waals surface area (Å²) in [5.41, 5.74) is 1.84. The van der Waals surface area contributed by atoms with Crippen molar-refractivity contribution in [2.45, 2.75) is 31.2 Å². The first-order valence-electron chi connectivity index (χ1n) is 9.35. The zero-order chi connectivity index (χ0) is 21.5. The van der Waals surface area contributed by atoms with Crippen LogP contribution < -0.4 is 9.47 Å². The molecule has 0 aliphatic heterocycles. The zero-order valence-corrected chi connectivity index (χ0v) is 19.3. The van der Waals surface area contributed by atoms with Crippen LogP contribution in [0.25, 0.3) is 0 Å². The van der Waals surface area contributed by atoms with Gasteiger partial charge in [-0.05, 0) is 54.8 Å². The minimum Gasteiger partial charge on any atom is -0.493 e. The highest BCUT2D eigenvalue weighted by Gasteiger charge is 2.11. The first-order valence-corrected chi connectivity index (χ1v) is 11.1. The Labute approximate surface area is 190 Å². The predicted molar refractivity (Wildman–Crippen MR) is 123 cm³/mol. The Kier molecular flexibility index (Phi) is 8.01. The van der Waals surface area contributed by atoms with Gasteiger partial charge in [0.25, 0.3) is 0 Å². The van der Waals surface area contributed by atoms with Gasteiger partial charge in [0.1, 0.15) is 0 Å². The molecule has 0 radical (unpaired) electrons. The second-order valence-electron chi connectivity index (χ2n) is 6.37. The van der Waals surface area contributed by atoms with Crippen LogP contribution in [-0.4, -0.2) is 34.8 Å². The molecule has 9 heteroatoms. The van der Waals surface area contributed by atoms with Crippen LogP contribution in [-0.2, 0) is 5.75 Å². The molecular formula is C21H22Cl2N4O2S. The summed E-state index contributed by atoms with van der Waals surface area (Å²) in [5.74, 6) is 2.69. The Bertz CT molecular complexity index is 1040. The summed E-state index contributed by atoms with van der Waals surface area (Å²) < 4.78 is 12.8. The molecule has 0 saturated heterocycles. The lowest BCUT2D eigenvalue weighted by Crippen LogP contribution is -1.99. The molecule has 2 aromatic carbocycles. The maximum atomic E-state index is 6.26. The fourth-order valence-electron chi connectivity index (χ4n) is 2.56. The lowest BCUT2D eigenvalue weighted by Gasteiger charge is -2.10. The maximum absolute atomic E-state index is 6.26. The minimum absolute atomic E-state index is 0.610. The molecule has 0 bridgehead atoms. The SMILES string of the molecule is CCCOc1ccc(/C=N/n2c(C)nnc2SCc2ccc(Cl)cc2Cl)cc1OC. The number of ether oxygens (including phenoxy) is 2. The quantitative estimate of drug-likeness (QED) is 0.292. The maximum Gasteiger partial charge on any atom is 0.212 e. The lowest BCUT2D eigenvalue weighted by atomic mass is 10.2. The fraction of sp³-hybridized carbons (Fsp3) is 0.286. The van der Waals surface area contributed by atoms with Crippen molar-refractivity contribution < 1.29 is 9.47 Å². The Morgan fingerprint density at radius 3 is 2.70 bits per heavy atom. The van der Waals surface area contributed by atoms with Gasteiger partial charge >= 0.3 is 0 Å². The zero-order valence-electron chi connectivity index (χ0n) is 16.9. The molecule has 0 unspecified atom stereocenters. The van der Waals surface area contributed by atoms with Crippen molar-refractivity contribution in [3.8, 4) is 11.5 Å². The van der Waals surface area contributed by atoms with Crippen LogP contribution in [0.2, 0.25) is 10.0 Å². The number of rotatable bonds is 9. The van der Waals surface area contributed by atoms with Gasteiger partial charge in [0.2, 0.25) is 5.16 Å². The lowest BCUT2D eigenvalue weighted by molar-refractivity contribution is 0.294. The number of aromatic nitrogens is 3. The molecule has 3 aromatic rings. The van der Waals surface area contributed by atoms with Gasteiger partial charge in [0.15, 0.2) is 17.3 Å². The van der Waals surface area contributed by atoms with Crippen LogP contribution in [0.3, 0.4) is 0 Å². The van der Waals surface area contributed by atoms with Crippen LogP contribution in [0.1, 0.15) is 30.3 Å². The number of halogens is 2. The topological polar surface area (TPSA) is 61.5 Å². The Morgan fingerprint density at radius 1 is 1.13 bits per heavy atom. The molecular weight excluding hydrogens is 443 g/mol. The highest BCUT2D eigenvalue weighted by molar-refractivity contribution is 7.98. The van der Waals surface area contributed by atoms with E-state index in [0.717, 1.165) is 17.5 Å². The Morgan fingerprint density at radius 2 is 1.97 bits per heavy atom. The summed E-state index contributed by atoms with van der Waals surface area (Å²) in [6.07, 6.45) is 2.67. The van der Waals surface area contributed by atoms with E-state index >= 15 is 0 Å². The van der Waals surface area contributed by atoms with Crippen LogP contribution >= 0.6 is 35.0 Å². The van der Waals surface area contributed by atoms with Gasteiger partial charge in [0, 0.05) is 15.8 Å². The van der Waals surface area contributed by atoms with Crippen LogP contribution in [0, 0.1) is 6.92 Å². The minimum atomic E-state index is 0.610. The second-order valence-corrected chi connectivity index (χ2v) is 8.16. The standard InChI is InChI=1S/C21H22Cl2N4O2S/c1-4-9-29-19-8-5-15(10-20(19)28-3)12-24-27-14(2)25-26-21(27)30-13-16-6-7-17(22)11-18(16)23/h5-8,10-12H,4,9,13H2,1-3H3/b24-12+.